The summed E-state index contributed by atoms with van der Waals surface area (Å²) in [6.45, 7) is 7.66. The van der Waals surface area contributed by atoms with Crippen molar-refractivity contribution in [2.24, 2.45) is 0 Å². The Morgan fingerprint density at radius 3 is 1.94 bits per heavy atom. The fraction of sp³-hybridized carbons (Fsp3) is 0.731. The lowest BCUT2D eigenvalue weighted by Gasteiger charge is -2.42. The average Bonchev–Trinajstić information content (AvgIpc) is 2.85. The maximum Gasteiger partial charge on any atom is 0.255 e. The van der Waals surface area contributed by atoms with Crippen LogP contribution >= 0.6 is 0 Å². The number of rotatable bonds is 10. The van der Waals surface area contributed by atoms with Crippen LogP contribution in [-0.4, -0.2) is 81.8 Å². The molecule has 0 aliphatic heterocycles. The van der Waals surface area contributed by atoms with E-state index in [2.05, 4.69) is 28.6 Å². The monoisotopic (exact) mass is 495 g/mol. The molecule has 0 unspecified atom stereocenters. The smallest absolute Gasteiger partial charge is 0.255 e. The molecule has 194 valence electrons. The summed E-state index contributed by atoms with van der Waals surface area (Å²) in [7, 11) is 0. The van der Waals surface area contributed by atoms with Crippen molar-refractivity contribution in [1.29, 1.82) is 0 Å². The quantitative estimate of drug-likeness (QED) is 0.474. The Bertz CT molecular complexity index is 687. The average molecular weight is 496 g/mol. The van der Waals surface area contributed by atoms with Gasteiger partial charge in [0, 0.05) is 37.6 Å². The molecule has 0 radical (unpaired) electrons. The Kier molecular flexibility index (Phi) is 14.3. The first-order valence-electron chi connectivity index (χ1n) is 12.9. The van der Waals surface area contributed by atoms with E-state index in [0.29, 0.717) is 24.2 Å². The third-order valence-corrected chi connectivity index (χ3v) is 7.33. The number of hydrogen-bond acceptors (Lipinski definition) is 4. The van der Waals surface area contributed by atoms with Gasteiger partial charge in [0.15, 0.2) is 0 Å². The van der Waals surface area contributed by atoms with Gasteiger partial charge in [-0.25, -0.2) is 0 Å². The van der Waals surface area contributed by atoms with Gasteiger partial charge < -0.3 is 32.6 Å². The van der Waals surface area contributed by atoms with E-state index in [9.17, 15) is 9.59 Å². The summed E-state index contributed by atoms with van der Waals surface area (Å²) >= 11 is 0. The SMILES string of the molecule is CCN(CC)CCN(CC(=O)N(C1CCCCC1)C1CCCCC1)C(=O)c1cccnc1.O.[Cl-]. The van der Waals surface area contributed by atoms with E-state index in [0.717, 1.165) is 45.3 Å². The van der Waals surface area contributed by atoms with Gasteiger partial charge in [0.2, 0.25) is 5.91 Å². The maximum atomic E-state index is 13.8. The predicted molar refractivity (Wildman–Crippen MR) is 132 cm³/mol. The first-order chi connectivity index (χ1) is 15.6. The molecule has 2 saturated carbocycles. The normalized spacial score (nSPS) is 16.9. The van der Waals surface area contributed by atoms with E-state index < -0.39 is 0 Å². The van der Waals surface area contributed by atoms with Crippen molar-refractivity contribution in [2.45, 2.75) is 90.1 Å². The summed E-state index contributed by atoms with van der Waals surface area (Å²) in [4.78, 5) is 37.5. The third kappa shape index (κ3) is 8.51. The van der Waals surface area contributed by atoms with E-state index in [1.807, 2.05) is 0 Å². The minimum atomic E-state index is -0.0918. The number of pyridine rings is 1. The lowest BCUT2D eigenvalue weighted by atomic mass is 9.88. The van der Waals surface area contributed by atoms with Crippen LogP contribution in [0.25, 0.3) is 0 Å². The fourth-order valence-corrected chi connectivity index (χ4v) is 5.39. The molecule has 1 aromatic heterocycles. The van der Waals surface area contributed by atoms with Crippen molar-refractivity contribution in [3.05, 3.63) is 30.1 Å². The lowest BCUT2D eigenvalue weighted by Crippen LogP contribution is -3.00. The number of likely N-dealkylation sites (N-methyl/N-ethyl adjacent to an activating group) is 1. The van der Waals surface area contributed by atoms with Crippen LogP contribution in [0.2, 0.25) is 0 Å². The Morgan fingerprint density at radius 1 is 0.912 bits per heavy atom. The van der Waals surface area contributed by atoms with E-state index in [-0.39, 0.29) is 36.2 Å². The van der Waals surface area contributed by atoms with Crippen molar-refractivity contribution in [1.82, 2.24) is 19.7 Å². The minimum Gasteiger partial charge on any atom is -1.00 e. The number of carbonyl (C=O) groups excluding carboxylic acids is 2. The molecule has 7 nitrogen and oxygen atoms in total. The largest absolute Gasteiger partial charge is 1.00 e. The van der Waals surface area contributed by atoms with Gasteiger partial charge in [0.05, 0.1) is 5.56 Å². The van der Waals surface area contributed by atoms with Gasteiger partial charge in [-0.1, -0.05) is 52.4 Å². The van der Waals surface area contributed by atoms with Gasteiger partial charge in [-0.15, -0.1) is 0 Å². The summed E-state index contributed by atoms with van der Waals surface area (Å²) in [6.07, 6.45) is 15.1. The molecule has 0 saturated heterocycles. The first kappa shape index (κ1) is 30.3. The van der Waals surface area contributed by atoms with Crippen LogP contribution in [0, 0.1) is 0 Å². The first-order valence-corrected chi connectivity index (χ1v) is 12.9. The highest BCUT2D eigenvalue weighted by atomic mass is 35.5. The second-order valence-corrected chi connectivity index (χ2v) is 9.38. The zero-order valence-electron chi connectivity index (χ0n) is 21.1. The van der Waals surface area contributed by atoms with Crippen LogP contribution in [0.4, 0.5) is 0 Å². The number of hydrogen-bond donors (Lipinski definition) is 0. The Morgan fingerprint density at radius 2 is 1.47 bits per heavy atom. The van der Waals surface area contributed by atoms with E-state index in [4.69, 9.17) is 0 Å². The molecule has 0 spiro atoms. The molecule has 2 aliphatic carbocycles. The van der Waals surface area contributed by atoms with Crippen molar-refractivity contribution in [2.75, 3.05) is 32.7 Å². The van der Waals surface area contributed by atoms with Gasteiger partial charge in [-0.2, -0.15) is 0 Å². The molecule has 8 heteroatoms. The van der Waals surface area contributed by atoms with Crippen LogP contribution in [0.3, 0.4) is 0 Å². The zero-order chi connectivity index (χ0) is 22.8. The topological polar surface area (TPSA) is 88.2 Å². The van der Waals surface area contributed by atoms with Crippen LogP contribution in [0.1, 0.15) is 88.4 Å². The number of halogens is 1. The van der Waals surface area contributed by atoms with Gasteiger partial charge in [-0.05, 0) is 50.9 Å². The molecule has 0 bridgehead atoms. The van der Waals surface area contributed by atoms with Crippen molar-refractivity contribution in [3.8, 4) is 0 Å². The van der Waals surface area contributed by atoms with Crippen LogP contribution in [-0.2, 0) is 4.79 Å². The molecule has 3 rings (SSSR count). The van der Waals surface area contributed by atoms with Crippen LogP contribution < -0.4 is 12.4 Å². The summed E-state index contributed by atoms with van der Waals surface area (Å²) in [5, 5.41) is 0. The van der Waals surface area contributed by atoms with Gasteiger partial charge in [-0.3, -0.25) is 14.6 Å². The second-order valence-electron chi connectivity index (χ2n) is 9.38. The second kappa shape index (κ2) is 16.1. The molecule has 1 heterocycles. The predicted octanol–water partition coefficient (Wildman–Crippen LogP) is 0.539. The van der Waals surface area contributed by atoms with Crippen molar-refractivity contribution < 1.29 is 27.5 Å². The Hall–Kier alpha value is -1.70. The lowest BCUT2D eigenvalue weighted by molar-refractivity contribution is -0.138. The third-order valence-electron chi connectivity index (χ3n) is 7.33. The molecular weight excluding hydrogens is 452 g/mol. The van der Waals surface area contributed by atoms with Gasteiger partial charge in [0.1, 0.15) is 6.54 Å². The molecule has 2 amide bonds. The number of nitrogens with zero attached hydrogens (tertiary/aromatic N) is 4. The highest BCUT2D eigenvalue weighted by Crippen LogP contribution is 2.30. The standard InChI is InChI=1S/C26H42N4O2.ClH.H2O/c1-3-28(4-2)18-19-29(26(32)22-12-11-17-27-20-22)21-25(31)30(23-13-7-5-8-14-23)24-15-9-6-10-16-24;;/h11-12,17,20,23-24H,3-10,13-16,18-19,21H2,1-2H3;1H;1H2/p-1. The summed E-state index contributed by atoms with van der Waals surface area (Å²) in [5.74, 6) is 0.0476. The Labute approximate surface area is 212 Å². The molecular formula is C26H44ClN4O3-. The summed E-state index contributed by atoms with van der Waals surface area (Å²) < 4.78 is 0. The number of amides is 2. The molecule has 0 aromatic carbocycles. The molecule has 2 fully saturated rings. The highest BCUT2D eigenvalue weighted by Gasteiger charge is 2.34. The fourth-order valence-electron chi connectivity index (χ4n) is 5.39. The number of aromatic nitrogens is 1. The van der Waals surface area contributed by atoms with Gasteiger partial charge >= 0.3 is 0 Å². The zero-order valence-corrected chi connectivity index (χ0v) is 21.8. The molecule has 0 atom stereocenters. The van der Waals surface area contributed by atoms with E-state index >= 15 is 0 Å². The molecule has 2 N–H and O–H groups in total. The van der Waals surface area contributed by atoms with Crippen LogP contribution in [0.5, 0.6) is 0 Å². The van der Waals surface area contributed by atoms with Crippen molar-refractivity contribution >= 4 is 11.8 Å². The summed E-state index contributed by atoms with van der Waals surface area (Å²) in [5.41, 5.74) is 0.557. The van der Waals surface area contributed by atoms with E-state index in [1.165, 1.54) is 38.5 Å². The minimum absolute atomic E-state index is 0. The number of carbonyl (C=O) groups is 2. The van der Waals surface area contributed by atoms with E-state index in [1.54, 1.807) is 29.4 Å². The highest BCUT2D eigenvalue weighted by molar-refractivity contribution is 5.96. The van der Waals surface area contributed by atoms with Gasteiger partial charge in [0.25, 0.3) is 5.91 Å². The van der Waals surface area contributed by atoms with Crippen LogP contribution in [0.15, 0.2) is 24.5 Å². The molecule has 2 aliphatic rings. The molecule has 34 heavy (non-hydrogen) atoms. The maximum absolute atomic E-state index is 13.8. The van der Waals surface area contributed by atoms with Crippen molar-refractivity contribution in [3.63, 3.8) is 0 Å². The molecule has 1 aromatic rings. The summed E-state index contributed by atoms with van der Waals surface area (Å²) in [6, 6.07) is 4.27. The Balaban J connectivity index is 0.00000289.